The normalized spacial score (nSPS) is 10.3. The van der Waals surface area contributed by atoms with Crippen molar-refractivity contribution in [3.8, 4) is 0 Å². The van der Waals surface area contributed by atoms with Gasteiger partial charge < -0.3 is 4.90 Å². The van der Waals surface area contributed by atoms with Crippen molar-refractivity contribution in [1.82, 2.24) is 4.98 Å². The van der Waals surface area contributed by atoms with Crippen molar-refractivity contribution in [3.05, 3.63) is 51.7 Å². The molecule has 2 rings (SSSR count). The molecule has 6 heteroatoms. The summed E-state index contributed by atoms with van der Waals surface area (Å²) in [5, 5.41) is 11.8. The molecule has 0 bridgehead atoms. The Morgan fingerprint density at radius 1 is 1.33 bits per heavy atom. The van der Waals surface area contributed by atoms with Gasteiger partial charge >= 0.3 is 5.00 Å². The smallest absolute Gasteiger partial charge is 0.349 e. The van der Waals surface area contributed by atoms with Crippen molar-refractivity contribution < 1.29 is 4.92 Å². The van der Waals surface area contributed by atoms with Crippen molar-refractivity contribution >= 4 is 21.5 Å². The van der Waals surface area contributed by atoms with Gasteiger partial charge in [-0.05, 0) is 16.9 Å². The molecule has 2 aromatic rings. The summed E-state index contributed by atoms with van der Waals surface area (Å²) in [6, 6.07) is 9.64. The van der Waals surface area contributed by atoms with E-state index in [1.165, 1.54) is 0 Å². The molecular weight excluding hydrogens is 250 g/mol. The molecule has 0 saturated carbocycles. The lowest BCUT2D eigenvalue weighted by atomic mass is 10.1. The van der Waals surface area contributed by atoms with Crippen LogP contribution in [0.15, 0.2) is 30.3 Å². The van der Waals surface area contributed by atoms with Crippen molar-refractivity contribution in [2.24, 2.45) is 0 Å². The van der Waals surface area contributed by atoms with E-state index in [9.17, 15) is 10.1 Å². The molecule has 1 heterocycles. The maximum absolute atomic E-state index is 11.0. The summed E-state index contributed by atoms with van der Waals surface area (Å²) >= 11 is 1.11. The summed E-state index contributed by atoms with van der Waals surface area (Å²) < 4.78 is 0. The number of hydrogen-bond donors (Lipinski definition) is 0. The lowest BCUT2D eigenvalue weighted by Crippen LogP contribution is -2.08. The second kappa shape index (κ2) is 5.14. The second-order valence-electron chi connectivity index (χ2n) is 4.06. The van der Waals surface area contributed by atoms with E-state index in [4.69, 9.17) is 0 Å². The standard InChI is InChI=1S/C12H13N3O2S/c1-14(2)12-13-10(11(18-12)15(16)17)8-9-6-4-3-5-7-9/h3-7H,8H2,1-2H3. The Kier molecular flexibility index (Phi) is 3.57. The Morgan fingerprint density at radius 2 is 2.00 bits per heavy atom. The van der Waals surface area contributed by atoms with Crippen LogP contribution in [0, 0.1) is 10.1 Å². The molecule has 0 N–H and O–H groups in total. The fraction of sp³-hybridized carbons (Fsp3) is 0.250. The predicted molar refractivity (Wildman–Crippen MR) is 72.3 cm³/mol. The molecule has 0 aliphatic rings. The zero-order valence-corrected chi connectivity index (χ0v) is 11.0. The number of aromatic nitrogens is 1. The molecule has 1 aromatic carbocycles. The maximum atomic E-state index is 11.0. The van der Waals surface area contributed by atoms with Gasteiger partial charge in [0.05, 0.1) is 4.92 Å². The van der Waals surface area contributed by atoms with E-state index in [0.29, 0.717) is 17.2 Å². The van der Waals surface area contributed by atoms with Gasteiger partial charge in [-0.25, -0.2) is 4.98 Å². The number of benzene rings is 1. The summed E-state index contributed by atoms with van der Waals surface area (Å²) in [4.78, 5) is 16.8. The molecule has 0 spiro atoms. The summed E-state index contributed by atoms with van der Waals surface area (Å²) in [7, 11) is 3.66. The first kappa shape index (κ1) is 12.5. The lowest BCUT2D eigenvalue weighted by molar-refractivity contribution is -0.381. The van der Waals surface area contributed by atoms with Crippen LogP contribution in [0.5, 0.6) is 0 Å². The average molecular weight is 263 g/mol. The minimum Gasteiger partial charge on any atom is -0.354 e. The Labute approximate surface area is 109 Å². The summed E-state index contributed by atoms with van der Waals surface area (Å²) in [5.41, 5.74) is 1.55. The van der Waals surface area contributed by atoms with Gasteiger partial charge in [0.2, 0.25) is 0 Å². The van der Waals surface area contributed by atoms with Gasteiger partial charge in [-0.15, -0.1) is 0 Å². The van der Waals surface area contributed by atoms with Crippen LogP contribution in [0.25, 0.3) is 0 Å². The summed E-state index contributed by atoms with van der Waals surface area (Å²) in [5.74, 6) is 0. The lowest BCUT2D eigenvalue weighted by Gasteiger charge is -2.04. The van der Waals surface area contributed by atoms with E-state index in [2.05, 4.69) is 4.98 Å². The number of thiazole rings is 1. The Balaban J connectivity index is 2.34. The molecule has 0 unspecified atom stereocenters. The largest absolute Gasteiger partial charge is 0.354 e. The van der Waals surface area contributed by atoms with Gasteiger partial charge in [0, 0.05) is 20.5 Å². The van der Waals surface area contributed by atoms with E-state index in [1.54, 1.807) is 4.90 Å². The van der Waals surface area contributed by atoms with Gasteiger partial charge in [-0.2, -0.15) is 0 Å². The van der Waals surface area contributed by atoms with Crippen molar-refractivity contribution in [1.29, 1.82) is 0 Å². The molecule has 0 amide bonds. The van der Waals surface area contributed by atoms with Gasteiger partial charge in [0.15, 0.2) is 5.13 Å². The molecule has 0 saturated heterocycles. The zero-order valence-electron chi connectivity index (χ0n) is 10.2. The van der Waals surface area contributed by atoms with Crippen molar-refractivity contribution in [3.63, 3.8) is 0 Å². The maximum Gasteiger partial charge on any atom is 0.349 e. The van der Waals surface area contributed by atoms with Gasteiger partial charge in [0.1, 0.15) is 5.69 Å². The van der Waals surface area contributed by atoms with Crippen LogP contribution in [-0.2, 0) is 6.42 Å². The highest BCUT2D eigenvalue weighted by Crippen LogP contribution is 2.33. The fourth-order valence-electron chi connectivity index (χ4n) is 1.57. The Bertz CT molecular complexity index is 552. The first-order valence-corrected chi connectivity index (χ1v) is 6.25. The highest BCUT2D eigenvalue weighted by Gasteiger charge is 2.22. The number of rotatable bonds is 4. The molecule has 5 nitrogen and oxygen atoms in total. The minimum absolute atomic E-state index is 0.127. The third-order valence-corrected chi connectivity index (χ3v) is 3.65. The van der Waals surface area contributed by atoms with Crippen LogP contribution >= 0.6 is 11.3 Å². The molecule has 18 heavy (non-hydrogen) atoms. The number of nitro groups is 1. The molecule has 0 aliphatic heterocycles. The topological polar surface area (TPSA) is 59.3 Å². The van der Waals surface area contributed by atoms with Gasteiger partial charge in [0.25, 0.3) is 0 Å². The van der Waals surface area contributed by atoms with Crippen LogP contribution in [-0.4, -0.2) is 24.0 Å². The number of hydrogen-bond acceptors (Lipinski definition) is 5. The molecular formula is C12H13N3O2S. The Hall–Kier alpha value is -1.95. The molecule has 0 aliphatic carbocycles. The highest BCUT2D eigenvalue weighted by atomic mass is 32.1. The van der Waals surface area contributed by atoms with Crippen molar-refractivity contribution in [2.45, 2.75) is 6.42 Å². The second-order valence-corrected chi connectivity index (χ2v) is 5.02. The van der Waals surface area contributed by atoms with Crippen LogP contribution < -0.4 is 4.90 Å². The predicted octanol–water partition coefficient (Wildman–Crippen LogP) is 2.71. The molecule has 0 radical (unpaired) electrons. The van der Waals surface area contributed by atoms with E-state index in [-0.39, 0.29) is 9.92 Å². The average Bonchev–Trinajstić information content (AvgIpc) is 2.74. The molecule has 1 aromatic heterocycles. The molecule has 94 valence electrons. The number of nitrogens with zero attached hydrogens (tertiary/aromatic N) is 3. The summed E-state index contributed by atoms with van der Waals surface area (Å²) in [6.07, 6.45) is 0.488. The minimum atomic E-state index is -0.358. The van der Waals surface area contributed by atoms with Gasteiger partial charge in [-0.1, -0.05) is 30.3 Å². The SMILES string of the molecule is CN(C)c1nc(Cc2ccccc2)c([N+](=O)[O-])s1. The van der Waals surface area contributed by atoms with E-state index in [1.807, 2.05) is 44.4 Å². The first-order valence-electron chi connectivity index (χ1n) is 5.43. The molecule has 0 fully saturated rings. The third-order valence-electron chi connectivity index (χ3n) is 2.43. The van der Waals surface area contributed by atoms with E-state index >= 15 is 0 Å². The van der Waals surface area contributed by atoms with Gasteiger partial charge in [-0.3, -0.25) is 10.1 Å². The van der Waals surface area contributed by atoms with E-state index in [0.717, 1.165) is 16.9 Å². The van der Waals surface area contributed by atoms with Crippen LogP contribution in [0.1, 0.15) is 11.3 Å². The fourth-order valence-corrected chi connectivity index (χ4v) is 2.39. The number of anilines is 1. The first-order chi connectivity index (χ1) is 8.58. The van der Waals surface area contributed by atoms with Crippen LogP contribution in [0.2, 0.25) is 0 Å². The highest BCUT2D eigenvalue weighted by molar-refractivity contribution is 7.18. The van der Waals surface area contributed by atoms with Crippen molar-refractivity contribution in [2.75, 3.05) is 19.0 Å². The quantitative estimate of drug-likeness (QED) is 0.628. The Morgan fingerprint density at radius 3 is 2.56 bits per heavy atom. The van der Waals surface area contributed by atoms with Crippen LogP contribution in [0.4, 0.5) is 10.1 Å². The molecule has 0 atom stereocenters. The zero-order chi connectivity index (χ0) is 13.1. The van der Waals surface area contributed by atoms with E-state index < -0.39 is 0 Å². The third kappa shape index (κ3) is 2.65. The monoisotopic (exact) mass is 263 g/mol. The van der Waals surface area contributed by atoms with Crippen LogP contribution in [0.3, 0.4) is 0 Å². The summed E-state index contributed by atoms with van der Waals surface area (Å²) in [6.45, 7) is 0.